The van der Waals surface area contributed by atoms with E-state index in [0.29, 0.717) is 5.89 Å². The number of nitrogens with zero attached hydrogens (tertiary/aromatic N) is 2. The molecule has 0 radical (unpaired) electrons. The lowest BCUT2D eigenvalue weighted by atomic mass is 9.94. The maximum absolute atomic E-state index is 6.47. The highest BCUT2D eigenvalue weighted by atomic mass is 16.3. The van der Waals surface area contributed by atoms with Crippen LogP contribution in [0.15, 0.2) is 215 Å². The van der Waals surface area contributed by atoms with Gasteiger partial charge in [0.15, 0.2) is 5.58 Å². The normalized spacial score (nSPS) is 11.5. The smallest absolute Gasteiger partial charge is 0.227 e. The molecule has 0 amide bonds. The van der Waals surface area contributed by atoms with Crippen LogP contribution in [0.2, 0.25) is 0 Å². The van der Waals surface area contributed by atoms with Crippen LogP contribution in [-0.4, -0.2) is 4.98 Å². The molecule has 9 aromatic carbocycles. The topological polar surface area (TPSA) is 42.4 Å². The van der Waals surface area contributed by atoms with Gasteiger partial charge in [0.05, 0.1) is 5.69 Å². The van der Waals surface area contributed by atoms with Crippen LogP contribution in [0, 0.1) is 0 Å². The molecule has 0 bridgehead atoms. The average Bonchev–Trinajstić information content (AvgIpc) is 3.90. The van der Waals surface area contributed by atoms with Gasteiger partial charge in [-0.15, -0.1) is 0 Å². The molecule has 0 saturated carbocycles. The van der Waals surface area contributed by atoms with Gasteiger partial charge in [0.25, 0.3) is 0 Å². The van der Waals surface area contributed by atoms with E-state index in [1.54, 1.807) is 0 Å². The maximum Gasteiger partial charge on any atom is 0.227 e. The minimum atomic E-state index is 0.622. The summed E-state index contributed by atoms with van der Waals surface area (Å²) in [6.45, 7) is 0. The molecule has 0 unspecified atom stereocenters. The van der Waals surface area contributed by atoms with E-state index in [0.717, 1.165) is 94.3 Å². The zero-order valence-electron chi connectivity index (χ0n) is 30.8. The van der Waals surface area contributed by atoms with Crippen molar-refractivity contribution in [1.29, 1.82) is 0 Å². The van der Waals surface area contributed by atoms with Crippen LogP contribution in [0.5, 0.6) is 0 Å². The summed E-state index contributed by atoms with van der Waals surface area (Å²) in [4.78, 5) is 7.21. The Morgan fingerprint density at radius 2 is 1.00 bits per heavy atom. The van der Waals surface area contributed by atoms with Crippen molar-refractivity contribution in [2.75, 3.05) is 4.90 Å². The first-order valence-electron chi connectivity index (χ1n) is 19.2. The lowest BCUT2D eigenvalue weighted by Gasteiger charge is -2.29. The molecule has 0 spiro atoms. The average molecular weight is 731 g/mol. The Morgan fingerprint density at radius 3 is 1.82 bits per heavy atom. The Bertz CT molecular complexity index is 3240. The molecule has 0 N–H and O–H groups in total. The van der Waals surface area contributed by atoms with Crippen LogP contribution < -0.4 is 4.90 Å². The van der Waals surface area contributed by atoms with Crippen LogP contribution in [-0.2, 0) is 0 Å². The summed E-state index contributed by atoms with van der Waals surface area (Å²) in [6.07, 6.45) is 0. The zero-order chi connectivity index (χ0) is 37.7. The van der Waals surface area contributed by atoms with Gasteiger partial charge in [0.2, 0.25) is 5.89 Å². The van der Waals surface area contributed by atoms with Crippen LogP contribution in [0.1, 0.15) is 0 Å². The highest BCUT2D eigenvalue weighted by molar-refractivity contribution is 6.07. The molecule has 57 heavy (non-hydrogen) atoms. The Morgan fingerprint density at radius 1 is 0.368 bits per heavy atom. The summed E-state index contributed by atoms with van der Waals surface area (Å²) in [5, 5.41) is 4.34. The number of fused-ring (bicyclic) bond motifs is 6. The van der Waals surface area contributed by atoms with Crippen molar-refractivity contribution in [1.82, 2.24) is 4.98 Å². The molecule has 2 heterocycles. The molecule has 0 atom stereocenters. The number of anilines is 3. The number of aromatic nitrogens is 1. The number of para-hydroxylation sites is 1. The fraction of sp³-hybridized carbons (Fsp3) is 0. The standard InChI is InChI=1S/C53H34N2O2/c1-4-13-35(14-5-1)39-19-12-20-42(31-39)55(43-27-28-45-44-21-10-11-22-50(44)56-51(45)34-43)49-30-26-41(32-46(49)36-15-6-2-7-16-36)40-24-23-37-25-29-48-52(47(37)33-40)57-53(54-48)38-17-8-3-9-18-38/h1-34H. The van der Waals surface area contributed by atoms with Crippen LogP contribution in [0.4, 0.5) is 17.1 Å². The van der Waals surface area contributed by atoms with Crippen LogP contribution in [0.3, 0.4) is 0 Å². The molecule has 11 aromatic rings. The monoisotopic (exact) mass is 730 g/mol. The van der Waals surface area contributed by atoms with E-state index < -0.39 is 0 Å². The number of furan rings is 1. The minimum Gasteiger partial charge on any atom is -0.456 e. The summed E-state index contributed by atoms with van der Waals surface area (Å²) in [6, 6.07) is 72.4. The predicted octanol–water partition coefficient (Wildman–Crippen LogP) is 15.0. The van der Waals surface area contributed by atoms with Gasteiger partial charge >= 0.3 is 0 Å². The van der Waals surface area contributed by atoms with Crippen molar-refractivity contribution in [3.8, 4) is 44.8 Å². The van der Waals surface area contributed by atoms with Gasteiger partial charge in [0, 0.05) is 44.7 Å². The largest absolute Gasteiger partial charge is 0.456 e. The summed E-state index contributed by atoms with van der Waals surface area (Å²) in [7, 11) is 0. The summed E-state index contributed by atoms with van der Waals surface area (Å²) < 4.78 is 12.9. The van der Waals surface area contributed by atoms with Gasteiger partial charge in [-0.1, -0.05) is 133 Å². The van der Waals surface area contributed by atoms with E-state index in [2.05, 4.69) is 163 Å². The molecular formula is C53H34N2O2. The van der Waals surface area contributed by atoms with Crippen molar-refractivity contribution in [3.05, 3.63) is 206 Å². The number of hydrogen-bond donors (Lipinski definition) is 0. The van der Waals surface area contributed by atoms with E-state index in [-0.39, 0.29) is 0 Å². The van der Waals surface area contributed by atoms with Gasteiger partial charge in [0.1, 0.15) is 16.7 Å². The molecule has 0 aliphatic carbocycles. The van der Waals surface area contributed by atoms with Crippen LogP contribution >= 0.6 is 0 Å². The molecule has 0 aliphatic rings. The molecule has 0 saturated heterocycles. The number of rotatable bonds is 7. The third-order valence-electron chi connectivity index (χ3n) is 10.9. The second-order valence-electron chi connectivity index (χ2n) is 14.4. The van der Waals surface area contributed by atoms with Crippen LogP contribution in [0.25, 0.3) is 88.6 Å². The molecule has 4 heteroatoms. The van der Waals surface area contributed by atoms with E-state index in [9.17, 15) is 0 Å². The number of oxazole rings is 1. The molecule has 2 aromatic heterocycles. The second kappa shape index (κ2) is 13.6. The fourth-order valence-corrected chi connectivity index (χ4v) is 8.08. The third-order valence-corrected chi connectivity index (χ3v) is 10.9. The van der Waals surface area contributed by atoms with E-state index in [1.807, 2.05) is 48.5 Å². The Balaban J connectivity index is 1.10. The van der Waals surface area contributed by atoms with Gasteiger partial charge in [-0.3, -0.25) is 0 Å². The Hall–Kier alpha value is -7.69. The fourth-order valence-electron chi connectivity index (χ4n) is 8.08. The molecular weight excluding hydrogens is 697 g/mol. The van der Waals surface area contributed by atoms with Crippen molar-refractivity contribution in [2.24, 2.45) is 0 Å². The van der Waals surface area contributed by atoms with Gasteiger partial charge in [-0.25, -0.2) is 4.98 Å². The lowest BCUT2D eigenvalue weighted by molar-refractivity contribution is 0.623. The Labute approximate surface area is 329 Å². The van der Waals surface area contributed by atoms with Crippen molar-refractivity contribution in [2.45, 2.75) is 0 Å². The molecule has 0 fully saturated rings. The van der Waals surface area contributed by atoms with Crippen molar-refractivity contribution in [3.63, 3.8) is 0 Å². The van der Waals surface area contributed by atoms with Gasteiger partial charge in [-0.2, -0.15) is 0 Å². The second-order valence-corrected chi connectivity index (χ2v) is 14.4. The first-order valence-corrected chi connectivity index (χ1v) is 19.2. The molecule has 4 nitrogen and oxygen atoms in total. The van der Waals surface area contributed by atoms with Gasteiger partial charge < -0.3 is 13.7 Å². The SMILES string of the molecule is c1ccc(-c2cccc(N(c3ccc4c(c3)oc3ccccc34)c3ccc(-c4ccc5ccc6nc(-c7ccccc7)oc6c5c4)cc3-c3ccccc3)c2)cc1. The highest BCUT2D eigenvalue weighted by Gasteiger charge is 2.21. The maximum atomic E-state index is 6.47. The van der Waals surface area contributed by atoms with E-state index in [4.69, 9.17) is 13.8 Å². The number of benzene rings is 9. The minimum absolute atomic E-state index is 0.622. The first-order chi connectivity index (χ1) is 28.2. The highest BCUT2D eigenvalue weighted by Crippen LogP contribution is 2.45. The molecule has 268 valence electrons. The Kier molecular flexibility index (Phi) is 7.78. The van der Waals surface area contributed by atoms with E-state index >= 15 is 0 Å². The number of hydrogen-bond acceptors (Lipinski definition) is 4. The lowest BCUT2D eigenvalue weighted by Crippen LogP contribution is -2.11. The van der Waals surface area contributed by atoms with Crippen molar-refractivity contribution >= 4 is 60.9 Å². The summed E-state index contributed by atoms with van der Waals surface area (Å²) in [5.74, 6) is 0.622. The zero-order valence-corrected chi connectivity index (χ0v) is 30.8. The summed E-state index contributed by atoms with van der Waals surface area (Å²) >= 11 is 0. The molecule has 0 aliphatic heterocycles. The van der Waals surface area contributed by atoms with Gasteiger partial charge in [-0.05, 0) is 99.9 Å². The van der Waals surface area contributed by atoms with Crippen molar-refractivity contribution < 1.29 is 8.83 Å². The first kappa shape index (κ1) is 32.7. The quantitative estimate of drug-likeness (QED) is 0.164. The van der Waals surface area contributed by atoms with E-state index in [1.165, 1.54) is 5.56 Å². The summed E-state index contributed by atoms with van der Waals surface area (Å²) in [5.41, 5.74) is 14.2. The third kappa shape index (κ3) is 5.83. The predicted molar refractivity (Wildman–Crippen MR) is 235 cm³/mol. The molecule has 11 rings (SSSR count).